The van der Waals surface area contributed by atoms with Crippen LogP contribution in [0.15, 0.2) is 24.3 Å². The highest BCUT2D eigenvalue weighted by Gasteiger charge is 2.14. The molecule has 0 bridgehead atoms. The van der Waals surface area contributed by atoms with Crippen LogP contribution in [-0.4, -0.2) is 35.6 Å². The SMILES string of the molecule is CC(C(=O)NN)c1ccc(CN(C)C(C)CO)cc1. The molecule has 0 aliphatic heterocycles. The van der Waals surface area contributed by atoms with Crippen LogP contribution in [0.25, 0.3) is 0 Å². The fourth-order valence-electron chi connectivity index (χ4n) is 1.77. The van der Waals surface area contributed by atoms with Crippen LogP contribution in [0.3, 0.4) is 0 Å². The lowest BCUT2D eigenvalue weighted by atomic mass is 9.99. The summed E-state index contributed by atoms with van der Waals surface area (Å²) in [5, 5.41) is 9.09. The van der Waals surface area contributed by atoms with E-state index in [1.54, 1.807) is 0 Å². The number of nitrogens with zero attached hydrogens (tertiary/aromatic N) is 1. The van der Waals surface area contributed by atoms with Crippen LogP contribution in [-0.2, 0) is 11.3 Å². The van der Waals surface area contributed by atoms with Crippen molar-refractivity contribution < 1.29 is 9.90 Å². The molecule has 1 aromatic carbocycles. The molecule has 0 spiro atoms. The minimum Gasteiger partial charge on any atom is -0.395 e. The molecule has 0 saturated heterocycles. The van der Waals surface area contributed by atoms with E-state index in [0.717, 1.165) is 17.7 Å². The van der Waals surface area contributed by atoms with Crippen molar-refractivity contribution in [3.05, 3.63) is 35.4 Å². The van der Waals surface area contributed by atoms with Gasteiger partial charge in [0.2, 0.25) is 5.91 Å². The van der Waals surface area contributed by atoms with Crippen molar-refractivity contribution in [3.63, 3.8) is 0 Å². The first-order chi connectivity index (χ1) is 8.99. The molecule has 1 rings (SSSR count). The molecule has 0 aromatic heterocycles. The summed E-state index contributed by atoms with van der Waals surface area (Å²) >= 11 is 0. The number of aliphatic hydroxyl groups excluding tert-OH is 1. The number of hydrazine groups is 1. The number of amides is 1. The zero-order valence-corrected chi connectivity index (χ0v) is 11.8. The minimum atomic E-state index is -0.256. The highest BCUT2D eigenvalue weighted by molar-refractivity contribution is 5.82. The van der Waals surface area contributed by atoms with Crippen LogP contribution in [0.4, 0.5) is 0 Å². The number of aliphatic hydroxyl groups is 1. The standard InChI is InChI=1S/C14H23N3O2/c1-10(9-18)17(3)8-12-4-6-13(7-5-12)11(2)14(19)16-15/h4-7,10-11,18H,8-9,15H2,1-3H3,(H,16,19). The van der Waals surface area contributed by atoms with Gasteiger partial charge >= 0.3 is 0 Å². The molecule has 0 fully saturated rings. The van der Waals surface area contributed by atoms with Crippen molar-refractivity contribution in [2.24, 2.45) is 5.84 Å². The maximum Gasteiger partial charge on any atom is 0.241 e. The molecule has 19 heavy (non-hydrogen) atoms. The zero-order chi connectivity index (χ0) is 14.4. The summed E-state index contributed by atoms with van der Waals surface area (Å²) in [5.41, 5.74) is 4.24. The van der Waals surface area contributed by atoms with Gasteiger partial charge in [0.15, 0.2) is 0 Å². The van der Waals surface area contributed by atoms with Crippen LogP contribution in [0.5, 0.6) is 0 Å². The van der Waals surface area contributed by atoms with Gasteiger partial charge in [-0.15, -0.1) is 0 Å². The van der Waals surface area contributed by atoms with Crippen LogP contribution in [0.1, 0.15) is 30.9 Å². The van der Waals surface area contributed by atoms with Gasteiger partial charge < -0.3 is 5.11 Å². The van der Waals surface area contributed by atoms with Gasteiger partial charge in [0.05, 0.1) is 12.5 Å². The van der Waals surface area contributed by atoms with E-state index in [1.807, 2.05) is 45.2 Å². The molecule has 0 heterocycles. The Hall–Kier alpha value is -1.43. The van der Waals surface area contributed by atoms with Crippen LogP contribution in [0.2, 0.25) is 0 Å². The second-order valence-electron chi connectivity index (χ2n) is 4.92. The molecular formula is C14H23N3O2. The van der Waals surface area contributed by atoms with Crippen LogP contribution in [0, 0.1) is 0 Å². The van der Waals surface area contributed by atoms with E-state index < -0.39 is 0 Å². The Kier molecular flexibility index (Phi) is 5.95. The van der Waals surface area contributed by atoms with Crippen LogP contribution >= 0.6 is 0 Å². The lowest BCUT2D eigenvalue weighted by molar-refractivity contribution is -0.122. The van der Waals surface area contributed by atoms with Gasteiger partial charge in [0.25, 0.3) is 0 Å². The van der Waals surface area contributed by atoms with E-state index in [9.17, 15) is 4.79 Å². The number of benzene rings is 1. The van der Waals surface area contributed by atoms with Crippen molar-refractivity contribution in [2.45, 2.75) is 32.4 Å². The molecule has 0 aliphatic carbocycles. The van der Waals surface area contributed by atoms with E-state index in [4.69, 9.17) is 10.9 Å². The molecule has 2 atom stereocenters. The summed E-state index contributed by atoms with van der Waals surface area (Å²) in [6.07, 6.45) is 0. The third-order valence-corrected chi connectivity index (χ3v) is 3.46. The maximum absolute atomic E-state index is 11.4. The molecule has 0 saturated carbocycles. The number of rotatable bonds is 6. The van der Waals surface area contributed by atoms with E-state index in [-0.39, 0.29) is 24.5 Å². The zero-order valence-electron chi connectivity index (χ0n) is 11.8. The van der Waals surface area contributed by atoms with Crippen molar-refractivity contribution >= 4 is 5.91 Å². The van der Waals surface area contributed by atoms with Crippen LogP contribution < -0.4 is 11.3 Å². The molecule has 0 aliphatic rings. The maximum atomic E-state index is 11.4. The molecular weight excluding hydrogens is 242 g/mol. The van der Waals surface area contributed by atoms with E-state index >= 15 is 0 Å². The second kappa shape index (κ2) is 7.23. The Morgan fingerprint density at radius 2 is 1.95 bits per heavy atom. The predicted molar refractivity (Wildman–Crippen MR) is 75.2 cm³/mol. The highest BCUT2D eigenvalue weighted by atomic mass is 16.3. The number of hydrogen-bond donors (Lipinski definition) is 3. The molecule has 5 heteroatoms. The summed E-state index contributed by atoms with van der Waals surface area (Å²) in [6.45, 7) is 4.70. The van der Waals surface area contributed by atoms with Gasteiger partial charge in [0.1, 0.15) is 0 Å². The lowest BCUT2D eigenvalue weighted by Crippen LogP contribution is -2.33. The number of hydrogen-bond acceptors (Lipinski definition) is 4. The topological polar surface area (TPSA) is 78.6 Å². The molecule has 0 radical (unpaired) electrons. The van der Waals surface area contributed by atoms with E-state index in [2.05, 4.69) is 10.3 Å². The fraction of sp³-hybridized carbons (Fsp3) is 0.500. The largest absolute Gasteiger partial charge is 0.395 e. The Labute approximate surface area is 114 Å². The first-order valence-corrected chi connectivity index (χ1v) is 6.40. The molecule has 4 N–H and O–H groups in total. The Balaban J connectivity index is 2.69. The van der Waals surface area contributed by atoms with Gasteiger partial charge in [0, 0.05) is 12.6 Å². The van der Waals surface area contributed by atoms with Crippen molar-refractivity contribution in [2.75, 3.05) is 13.7 Å². The summed E-state index contributed by atoms with van der Waals surface area (Å²) in [4.78, 5) is 13.5. The summed E-state index contributed by atoms with van der Waals surface area (Å²) < 4.78 is 0. The average molecular weight is 265 g/mol. The average Bonchev–Trinajstić information content (AvgIpc) is 2.45. The number of likely N-dealkylation sites (N-methyl/N-ethyl adjacent to an activating group) is 1. The Morgan fingerprint density at radius 3 is 2.42 bits per heavy atom. The van der Waals surface area contributed by atoms with Crippen molar-refractivity contribution in [3.8, 4) is 0 Å². The molecule has 5 nitrogen and oxygen atoms in total. The second-order valence-corrected chi connectivity index (χ2v) is 4.92. The van der Waals surface area contributed by atoms with Gasteiger partial charge in [-0.3, -0.25) is 15.1 Å². The Bertz CT molecular complexity index is 406. The van der Waals surface area contributed by atoms with Gasteiger partial charge in [-0.25, -0.2) is 5.84 Å². The third kappa shape index (κ3) is 4.31. The van der Waals surface area contributed by atoms with Gasteiger partial charge in [-0.05, 0) is 32.0 Å². The molecule has 1 amide bonds. The number of nitrogens with two attached hydrogens (primary N) is 1. The minimum absolute atomic E-state index is 0.126. The number of carbonyl (C=O) groups excluding carboxylic acids is 1. The highest BCUT2D eigenvalue weighted by Crippen LogP contribution is 2.16. The van der Waals surface area contributed by atoms with E-state index in [1.165, 1.54) is 0 Å². The smallest absolute Gasteiger partial charge is 0.241 e. The van der Waals surface area contributed by atoms with E-state index in [0.29, 0.717) is 0 Å². The molecule has 1 aromatic rings. The number of nitrogens with one attached hydrogen (secondary N) is 1. The fourth-order valence-corrected chi connectivity index (χ4v) is 1.77. The summed E-state index contributed by atoms with van der Waals surface area (Å²) in [5.74, 6) is 4.67. The summed E-state index contributed by atoms with van der Waals surface area (Å²) in [7, 11) is 1.97. The molecule has 2 unspecified atom stereocenters. The van der Waals surface area contributed by atoms with Crippen molar-refractivity contribution in [1.82, 2.24) is 10.3 Å². The predicted octanol–water partition coefficient (Wildman–Crippen LogP) is 0.593. The Morgan fingerprint density at radius 1 is 1.37 bits per heavy atom. The first-order valence-electron chi connectivity index (χ1n) is 6.40. The van der Waals surface area contributed by atoms with Gasteiger partial charge in [-0.2, -0.15) is 0 Å². The molecule has 106 valence electrons. The summed E-state index contributed by atoms with van der Waals surface area (Å²) in [6, 6.07) is 7.99. The monoisotopic (exact) mass is 265 g/mol. The first kappa shape index (κ1) is 15.6. The lowest BCUT2D eigenvalue weighted by Gasteiger charge is -2.23. The number of carbonyl (C=O) groups is 1. The van der Waals surface area contributed by atoms with Gasteiger partial charge in [-0.1, -0.05) is 24.3 Å². The van der Waals surface area contributed by atoms with Crippen molar-refractivity contribution in [1.29, 1.82) is 0 Å². The quantitative estimate of drug-likeness (QED) is 0.400. The third-order valence-electron chi connectivity index (χ3n) is 3.46. The normalized spacial score (nSPS) is 14.2.